The van der Waals surface area contributed by atoms with Gasteiger partial charge in [-0.2, -0.15) is 0 Å². The Bertz CT molecular complexity index is 1720. The number of nitrogens with zero attached hydrogens (tertiary/aromatic N) is 3. The molecule has 0 fully saturated rings. The number of hydrogen-bond acceptors (Lipinski definition) is 6. The number of nitrogens with two attached hydrogens (primary N) is 1. The summed E-state index contributed by atoms with van der Waals surface area (Å²) in [6.07, 6.45) is 0. The molecule has 0 bridgehead atoms. The number of rotatable bonds is 8. The number of benzene rings is 2. The highest BCUT2D eigenvalue weighted by Crippen LogP contribution is 2.33. The predicted molar refractivity (Wildman–Crippen MR) is 153 cm³/mol. The molecule has 3 aromatic heterocycles. The zero-order chi connectivity index (χ0) is 27.8. The van der Waals surface area contributed by atoms with Gasteiger partial charge in [0.1, 0.15) is 22.7 Å². The Morgan fingerprint density at radius 2 is 1.87 bits per heavy atom. The van der Waals surface area contributed by atoms with E-state index in [4.69, 9.17) is 15.1 Å². The molecular formula is C30H31FN4O3S. The number of aromatic nitrogens is 2. The van der Waals surface area contributed by atoms with Crippen LogP contribution in [0.3, 0.4) is 0 Å². The van der Waals surface area contributed by atoms with Crippen molar-refractivity contribution in [3.63, 3.8) is 0 Å². The lowest BCUT2D eigenvalue weighted by Gasteiger charge is -2.35. The summed E-state index contributed by atoms with van der Waals surface area (Å²) in [7, 11) is 0. The lowest BCUT2D eigenvalue weighted by atomic mass is 9.99. The Labute approximate surface area is 229 Å². The van der Waals surface area contributed by atoms with E-state index in [2.05, 4.69) is 0 Å². The molecule has 1 unspecified atom stereocenters. The zero-order valence-corrected chi connectivity index (χ0v) is 23.2. The summed E-state index contributed by atoms with van der Waals surface area (Å²) >= 11 is 1.59. The molecular weight excluding hydrogens is 515 g/mol. The van der Waals surface area contributed by atoms with E-state index >= 15 is 0 Å². The summed E-state index contributed by atoms with van der Waals surface area (Å²) in [5.41, 5.74) is 7.92. The van der Waals surface area contributed by atoms with Crippen molar-refractivity contribution in [3.8, 4) is 0 Å². The normalized spacial score (nSPS) is 12.5. The molecule has 0 aliphatic heterocycles. The number of fused-ring (bicyclic) bond motifs is 3. The first-order valence-electron chi connectivity index (χ1n) is 12.9. The Kier molecular flexibility index (Phi) is 7.38. The second kappa shape index (κ2) is 10.7. The summed E-state index contributed by atoms with van der Waals surface area (Å²) < 4.78 is 21.7. The van der Waals surface area contributed by atoms with Gasteiger partial charge >= 0.3 is 0 Å². The number of carbonyl (C=O) groups is 1. The summed E-state index contributed by atoms with van der Waals surface area (Å²) in [4.78, 5) is 36.6. The highest BCUT2D eigenvalue weighted by molar-refractivity contribution is 7.11. The summed E-state index contributed by atoms with van der Waals surface area (Å²) in [6, 6.07) is 14.9. The topological polar surface area (TPSA) is 94.4 Å². The van der Waals surface area contributed by atoms with Gasteiger partial charge in [-0.05, 0) is 62.2 Å². The van der Waals surface area contributed by atoms with Gasteiger partial charge in [0.15, 0.2) is 0 Å². The van der Waals surface area contributed by atoms with E-state index in [0.29, 0.717) is 22.4 Å². The predicted octanol–water partition coefficient (Wildman–Crippen LogP) is 5.81. The Hall–Kier alpha value is -3.82. The molecule has 0 saturated heterocycles. The van der Waals surface area contributed by atoms with E-state index < -0.39 is 11.9 Å². The molecule has 2 aromatic carbocycles. The summed E-state index contributed by atoms with van der Waals surface area (Å²) in [6.45, 7) is 8.71. The molecule has 1 amide bonds. The molecule has 2 N–H and O–H groups in total. The van der Waals surface area contributed by atoms with Crippen molar-refractivity contribution in [1.29, 1.82) is 0 Å². The maximum atomic E-state index is 14.2. The Morgan fingerprint density at radius 1 is 1.13 bits per heavy atom. The lowest BCUT2D eigenvalue weighted by molar-refractivity contribution is 0.0612. The largest absolute Gasteiger partial charge is 0.448 e. The first-order chi connectivity index (χ1) is 18.7. The van der Waals surface area contributed by atoms with E-state index in [1.807, 2.05) is 52.0 Å². The number of halogens is 1. The fourth-order valence-electron chi connectivity index (χ4n) is 4.98. The molecule has 1 atom stereocenters. The maximum Gasteiger partial charge on any atom is 0.297 e. The summed E-state index contributed by atoms with van der Waals surface area (Å²) in [5, 5.41) is 0.417. The lowest BCUT2D eigenvalue weighted by Crippen LogP contribution is -2.43. The highest BCUT2D eigenvalue weighted by Gasteiger charge is 2.33. The molecule has 0 aliphatic rings. The van der Waals surface area contributed by atoms with Crippen molar-refractivity contribution < 1.29 is 13.6 Å². The van der Waals surface area contributed by atoms with Crippen LogP contribution in [0.25, 0.3) is 22.1 Å². The van der Waals surface area contributed by atoms with Gasteiger partial charge in [0, 0.05) is 33.8 Å². The number of hydrogen-bond donors (Lipinski definition) is 1. The van der Waals surface area contributed by atoms with Crippen LogP contribution >= 0.6 is 11.3 Å². The average molecular weight is 547 g/mol. The van der Waals surface area contributed by atoms with Crippen molar-refractivity contribution in [3.05, 3.63) is 97.5 Å². The smallest absolute Gasteiger partial charge is 0.297 e. The number of carbonyl (C=O) groups excluding carboxylic acids is 1. The third-order valence-electron chi connectivity index (χ3n) is 6.84. The molecule has 0 spiro atoms. The molecule has 5 aromatic rings. The molecule has 3 heterocycles. The van der Waals surface area contributed by atoms with Crippen LogP contribution in [0.15, 0.2) is 63.8 Å². The standard InChI is InChI=1S/C30H31FN4O3S/c1-17(2)26(34(14-13-32)29(36)20-8-5-18(3)6-9-20)28-33-25-23-15-21(31)10-12-24(23)38-27(25)30(37)35(28)16-22-11-7-19(4)39-22/h5-12,15,17,26H,13-14,16,32H2,1-4H3. The van der Waals surface area contributed by atoms with E-state index in [9.17, 15) is 14.0 Å². The van der Waals surface area contributed by atoms with Gasteiger partial charge in [-0.25, -0.2) is 9.37 Å². The van der Waals surface area contributed by atoms with Crippen molar-refractivity contribution in [2.75, 3.05) is 13.1 Å². The molecule has 39 heavy (non-hydrogen) atoms. The van der Waals surface area contributed by atoms with Crippen molar-refractivity contribution in [1.82, 2.24) is 14.5 Å². The number of amides is 1. The van der Waals surface area contributed by atoms with Gasteiger partial charge in [-0.1, -0.05) is 31.5 Å². The van der Waals surface area contributed by atoms with Crippen LogP contribution in [-0.4, -0.2) is 33.4 Å². The highest BCUT2D eigenvalue weighted by atomic mass is 32.1. The van der Waals surface area contributed by atoms with E-state index in [1.54, 1.807) is 32.9 Å². The van der Waals surface area contributed by atoms with Gasteiger partial charge in [0.2, 0.25) is 5.58 Å². The maximum absolute atomic E-state index is 14.2. The van der Waals surface area contributed by atoms with Gasteiger partial charge in [-0.15, -0.1) is 11.3 Å². The van der Waals surface area contributed by atoms with Crippen molar-refractivity contribution >= 4 is 39.3 Å². The SMILES string of the molecule is Cc1ccc(C(=O)N(CCN)C(c2nc3c(oc4ccc(F)cc43)c(=O)n2Cc2ccc(C)s2)C(C)C)cc1. The Morgan fingerprint density at radius 3 is 2.51 bits per heavy atom. The minimum atomic E-state index is -0.584. The fraction of sp³-hybridized carbons (Fsp3) is 0.300. The van der Waals surface area contributed by atoms with Crippen LogP contribution in [0.4, 0.5) is 4.39 Å². The van der Waals surface area contributed by atoms with Crippen LogP contribution in [0, 0.1) is 25.6 Å². The molecule has 0 aliphatic carbocycles. The van der Waals surface area contributed by atoms with Crippen molar-refractivity contribution in [2.45, 2.75) is 40.3 Å². The van der Waals surface area contributed by atoms with Crippen LogP contribution in [0.1, 0.15) is 51.4 Å². The number of furan rings is 1. The third kappa shape index (κ3) is 5.12. The monoisotopic (exact) mass is 546 g/mol. The van der Waals surface area contributed by atoms with Gasteiger partial charge in [-0.3, -0.25) is 14.2 Å². The van der Waals surface area contributed by atoms with Crippen LogP contribution < -0.4 is 11.3 Å². The first-order valence-corrected chi connectivity index (χ1v) is 13.7. The second-order valence-electron chi connectivity index (χ2n) is 10.1. The third-order valence-corrected chi connectivity index (χ3v) is 7.82. The quantitative estimate of drug-likeness (QED) is 0.265. The number of thiophene rings is 1. The minimum absolute atomic E-state index is 0.0605. The minimum Gasteiger partial charge on any atom is -0.448 e. The van der Waals surface area contributed by atoms with Gasteiger partial charge in [0.25, 0.3) is 11.5 Å². The molecule has 9 heteroatoms. The van der Waals surface area contributed by atoms with Crippen LogP contribution in [0.5, 0.6) is 0 Å². The van der Waals surface area contributed by atoms with Crippen molar-refractivity contribution in [2.24, 2.45) is 11.7 Å². The van der Waals surface area contributed by atoms with Gasteiger partial charge < -0.3 is 15.1 Å². The summed E-state index contributed by atoms with van der Waals surface area (Å²) in [5.74, 6) is -0.363. The van der Waals surface area contributed by atoms with E-state index in [1.165, 1.54) is 18.2 Å². The fourth-order valence-corrected chi connectivity index (χ4v) is 5.86. The first kappa shape index (κ1) is 26.8. The Balaban J connectivity index is 1.76. The molecule has 5 rings (SSSR count). The molecule has 202 valence electrons. The number of aryl methyl sites for hydroxylation is 2. The van der Waals surface area contributed by atoms with E-state index in [0.717, 1.165) is 15.3 Å². The van der Waals surface area contributed by atoms with Gasteiger partial charge in [0.05, 0.1) is 12.6 Å². The molecule has 0 saturated carbocycles. The van der Waals surface area contributed by atoms with E-state index in [-0.39, 0.29) is 48.1 Å². The molecule has 7 nitrogen and oxygen atoms in total. The second-order valence-corrected chi connectivity index (χ2v) is 11.5. The average Bonchev–Trinajstić information content (AvgIpc) is 3.48. The van der Waals surface area contributed by atoms with Crippen LogP contribution in [0.2, 0.25) is 0 Å². The molecule has 0 radical (unpaired) electrons. The van der Waals surface area contributed by atoms with Crippen LogP contribution in [-0.2, 0) is 6.54 Å². The zero-order valence-electron chi connectivity index (χ0n) is 22.4.